The topological polar surface area (TPSA) is 46.2 Å². The van der Waals surface area contributed by atoms with Crippen molar-refractivity contribution in [1.82, 2.24) is 4.72 Å². The molecule has 0 spiro atoms. The van der Waals surface area contributed by atoms with Gasteiger partial charge in [0.1, 0.15) is 0 Å². The van der Waals surface area contributed by atoms with Crippen molar-refractivity contribution in [3.63, 3.8) is 0 Å². The summed E-state index contributed by atoms with van der Waals surface area (Å²) in [5.74, 6) is 0.368. The Hall–Kier alpha value is 0.130. The molecule has 0 aromatic rings. The van der Waals surface area contributed by atoms with E-state index in [0.717, 1.165) is 18.5 Å². The molecule has 0 aliphatic heterocycles. The SMILES string of the molecule is CC[PH](CC)(CNS(=O)(=O)C(F)(F)F)CC(C)C. The molecule has 0 bridgehead atoms. The molecule has 3 nitrogen and oxygen atoms in total. The second kappa shape index (κ2) is 6.53. The third-order valence-corrected chi connectivity index (χ3v) is 10.3. The van der Waals surface area contributed by atoms with Gasteiger partial charge >= 0.3 is 107 Å². The first-order valence-corrected chi connectivity index (χ1v) is 10.4. The van der Waals surface area contributed by atoms with Gasteiger partial charge in [0.15, 0.2) is 0 Å². The Morgan fingerprint density at radius 3 is 1.89 bits per heavy atom. The Morgan fingerprint density at radius 1 is 1.17 bits per heavy atom. The molecule has 0 heterocycles. The molecule has 112 valence electrons. The van der Waals surface area contributed by atoms with Crippen LogP contribution in [0.25, 0.3) is 0 Å². The molecule has 8 heteroatoms. The van der Waals surface area contributed by atoms with Gasteiger partial charge in [0, 0.05) is 0 Å². The number of nitrogens with one attached hydrogen (secondary N) is 1. The van der Waals surface area contributed by atoms with Crippen LogP contribution in [0.4, 0.5) is 13.2 Å². The van der Waals surface area contributed by atoms with E-state index >= 15 is 0 Å². The Morgan fingerprint density at radius 2 is 1.61 bits per heavy atom. The average Bonchev–Trinajstić information content (AvgIpc) is 2.22. The van der Waals surface area contributed by atoms with Gasteiger partial charge in [-0.25, -0.2) is 0 Å². The van der Waals surface area contributed by atoms with E-state index in [9.17, 15) is 21.6 Å². The summed E-state index contributed by atoms with van der Waals surface area (Å²) >= 11 is 0. The van der Waals surface area contributed by atoms with E-state index in [1.807, 2.05) is 27.7 Å². The van der Waals surface area contributed by atoms with E-state index < -0.39 is 22.8 Å². The average molecular weight is 309 g/mol. The van der Waals surface area contributed by atoms with Crippen LogP contribution >= 0.6 is 7.26 Å². The van der Waals surface area contributed by atoms with Gasteiger partial charge in [0.05, 0.1) is 0 Å². The molecule has 1 N–H and O–H groups in total. The number of hydrogen-bond acceptors (Lipinski definition) is 2. The van der Waals surface area contributed by atoms with E-state index in [4.69, 9.17) is 0 Å². The van der Waals surface area contributed by atoms with Crippen LogP contribution in [-0.2, 0) is 10.0 Å². The molecular weight excluding hydrogens is 286 g/mol. The molecule has 0 aliphatic carbocycles. The first-order valence-electron chi connectivity index (χ1n) is 6.05. The number of halogens is 3. The Labute approximate surface area is 108 Å². The van der Waals surface area contributed by atoms with Crippen LogP contribution < -0.4 is 4.72 Å². The molecule has 0 saturated carbocycles. The first-order chi connectivity index (χ1) is 7.99. The van der Waals surface area contributed by atoms with Gasteiger partial charge in [0.2, 0.25) is 0 Å². The summed E-state index contributed by atoms with van der Waals surface area (Å²) in [6.07, 6.45) is 2.37. The van der Waals surface area contributed by atoms with Gasteiger partial charge in [-0.15, -0.1) is 0 Å². The van der Waals surface area contributed by atoms with Crippen molar-refractivity contribution in [3.8, 4) is 0 Å². The van der Waals surface area contributed by atoms with Crippen molar-refractivity contribution in [1.29, 1.82) is 0 Å². The number of sulfonamides is 1. The number of hydrogen-bond donors (Lipinski definition) is 1. The minimum absolute atomic E-state index is 0.0278. The van der Waals surface area contributed by atoms with Crippen LogP contribution in [0.15, 0.2) is 0 Å². The van der Waals surface area contributed by atoms with Gasteiger partial charge in [0.25, 0.3) is 0 Å². The Balaban J connectivity index is 4.84. The van der Waals surface area contributed by atoms with E-state index in [-0.39, 0.29) is 6.29 Å². The molecule has 0 aromatic heterocycles. The summed E-state index contributed by atoms with van der Waals surface area (Å²) in [6, 6.07) is 0. The summed E-state index contributed by atoms with van der Waals surface area (Å²) in [7, 11) is -7.19. The molecule has 0 amide bonds. The fourth-order valence-corrected chi connectivity index (χ4v) is 7.66. The standard InChI is InChI=1S/C10H23F3NO2PS/c1-5-17(6-2,7-9(3)4)8-14-18(15,16)10(11,12)13/h9,14,17H,5-8H2,1-4H3. The summed E-state index contributed by atoms with van der Waals surface area (Å²) < 4.78 is 60.5. The van der Waals surface area contributed by atoms with Crippen molar-refractivity contribution in [3.05, 3.63) is 0 Å². The quantitative estimate of drug-likeness (QED) is 0.735. The van der Waals surface area contributed by atoms with Crippen LogP contribution in [0, 0.1) is 5.92 Å². The first kappa shape index (κ1) is 18.1. The molecule has 0 rings (SSSR count). The molecule has 0 aliphatic rings. The normalized spacial score (nSPS) is 15.1. The molecule has 0 saturated heterocycles. The molecule has 18 heavy (non-hydrogen) atoms. The second-order valence-electron chi connectivity index (χ2n) is 5.08. The zero-order valence-electron chi connectivity index (χ0n) is 11.3. The number of rotatable bonds is 7. The summed E-state index contributed by atoms with van der Waals surface area (Å²) in [5.41, 5.74) is -5.22. The van der Waals surface area contributed by atoms with Crippen molar-refractivity contribution in [2.24, 2.45) is 5.92 Å². The zero-order chi connectivity index (χ0) is 14.6. The third-order valence-electron chi connectivity index (χ3n) is 3.28. The van der Waals surface area contributed by atoms with Gasteiger partial charge in [-0.2, -0.15) is 0 Å². The minimum atomic E-state index is -5.22. The molecule has 0 atom stereocenters. The van der Waals surface area contributed by atoms with E-state index in [0.29, 0.717) is 5.92 Å². The third kappa shape index (κ3) is 5.02. The van der Waals surface area contributed by atoms with Crippen molar-refractivity contribution < 1.29 is 21.6 Å². The Bertz CT molecular complexity index is 351. The fraction of sp³-hybridized carbons (Fsp3) is 1.00. The fourth-order valence-electron chi connectivity index (χ4n) is 2.06. The molecule has 0 fully saturated rings. The summed E-state index contributed by atoms with van der Waals surface area (Å²) in [4.78, 5) is 0. The van der Waals surface area contributed by atoms with Gasteiger partial charge in [-0.1, -0.05) is 0 Å². The van der Waals surface area contributed by atoms with Crippen LogP contribution in [0.5, 0.6) is 0 Å². The van der Waals surface area contributed by atoms with Crippen LogP contribution in [0.3, 0.4) is 0 Å². The van der Waals surface area contributed by atoms with Crippen molar-refractivity contribution in [2.75, 3.05) is 24.8 Å². The summed E-state index contributed by atoms with van der Waals surface area (Å²) in [5, 5.41) is 0. The Kier molecular flexibility index (Phi) is 6.57. The number of alkyl halides is 3. The monoisotopic (exact) mass is 309 g/mol. The van der Waals surface area contributed by atoms with Gasteiger partial charge in [-0.05, 0) is 0 Å². The van der Waals surface area contributed by atoms with E-state index in [1.54, 1.807) is 4.72 Å². The predicted octanol–water partition coefficient (Wildman–Crippen LogP) is 2.83. The van der Waals surface area contributed by atoms with Gasteiger partial charge in [-0.3, -0.25) is 0 Å². The van der Waals surface area contributed by atoms with Crippen LogP contribution in [0.2, 0.25) is 0 Å². The van der Waals surface area contributed by atoms with Crippen molar-refractivity contribution in [2.45, 2.75) is 33.2 Å². The van der Waals surface area contributed by atoms with E-state index in [2.05, 4.69) is 0 Å². The van der Waals surface area contributed by atoms with Crippen molar-refractivity contribution >= 4 is 17.3 Å². The zero-order valence-corrected chi connectivity index (χ0v) is 13.1. The maximum atomic E-state index is 12.2. The van der Waals surface area contributed by atoms with E-state index in [1.165, 1.54) is 0 Å². The summed E-state index contributed by atoms with van der Waals surface area (Å²) in [6.45, 7) is 7.87. The second-order valence-corrected chi connectivity index (χ2v) is 12.0. The van der Waals surface area contributed by atoms with Crippen LogP contribution in [0.1, 0.15) is 27.7 Å². The van der Waals surface area contributed by atoms with Gasteiger partial charge < -0.3 is 0 Å². The predicted molar refractivity (Wildman–Crippen MR) is 72.1 cm³/mol. The molecular formula is C10H23F3NO2PS. The molecule has 0 radical (unpaired) electrons. The molecule has 0 unspecified atom stereocenters. The van der Waals surface area contributed by atoms with Crippen LogP contribution in [-0.4, -0.2) is 38.7 Å². The maximum absolute atomic E-state index is 12.2. The molecule has 0 aromatic carbocycles.